The van der Waals surface area contributed by atoms with E-state index in [2.05, 4.69) is 0 Å². The molecule has 0 saturated carbocycles. The van der Waals surface area contributed by atoms with Crippen molar-refractivity contribution in [1.29, 1.82) is 0 Å². The van der Waals surface area contributed by atoms with E-state index in [1.54, 1.807) is 30.1 Å². The molecule has 0 spiro atoms. The van der Waals surface area contributed by atoms with Crippen molar-refractivity contribution < 1.29 is 14.5 Å². The minimum Gasteiger partial charge on any atom is -0.344 e. The smallest absolute Gasteiger partial charge is 0.276 e. The lowest BCUT2D eigenvalue weighted by Gasteiger charge is -2.25. The fourth-order valence-electron chi connectivity index (χ4n) is 2.33. The van der Waals surface area contributed by atoms with Crippen LogP contribution in [0.5, 0.6) is 0 Å². The highest BCUT2D eigenvalue weighted by atomic mass is 32.2. The van der Waals surface area contributed by atoms with Crippen molar-refractivity contribution >= 4 is 35.3 Å². The average Bonchev–Trinajstić information content (AvgIpc) is 3.08. The van der Waals surface area contributed by atoms with E-state index in [0.29, 0.717) is 23.7 Å². The lowest BCUT2D eigenvalue weighted by molar-refractivity contribution is -0.385. The van der Waals surface area contributed by atoms with Crippen LogP contribution in [0, 0.1) is 10.1 Å². The number of nitrogens with zero attached hydrogens (tertiary/aromatic N) is 3. The number of nitro benzene ring substituents is 1. The number of thioether (sulfide) groups is 1. The van der Waals surface area contributed by atoms with E-state index in [4.69, 9.17) is 0 Å². The third-order valence-electron chi connectivity index (χ3n) is 3.84. The van der Waals surface area contributed by atoms with Gasteiger partial charge in [0.25, 0.3) is 5.69 Å². The normalized spacial score (nSPS) is 17.2. The van der Waals surface area contributed by atoms with Gasteiger partial charge >= 0.3 is 0 Å². The number of amides is 2. The first-order valence-corrected chi connectivity index (χ1v) is 8.66. The fraction of sp³-hybridized carbons (Fsp3) is 0.375. The molecule has 1 aliphatic heterocycles. The molecule has 0 bridgehead atoms. The number of para-hydroxylation sites is 1. The Hall–Kier alpha value is -2.35. The molecule has 0 aromatic heterocycles. The third kappa shape index (κ3) is 3.94. The maximum absolute atomic E-state index is 12.4. The minimum atomic E-state index is -0.488. The highest BCUT2D eigenvalue weighted by Crippen LogP contribution is 2.24. The second-order valence-corrected chi connectivity index (χ2v) is 6.33. The summed E-state index contributed by atoms with van der Waals surface area (Å²) >= 11 is 1.52. The van der Waals surface area contributed by atoms with Crippen LogP contribution in [0.1, 0.15) is 12.5 Å². The van der Waals surface area contributed by atoms with Gasteiger partial charge in [0, 0.05) is 31.5 Å². The van der Waals surface area contributed by atoms with Gasteiger partial charge in [-0.05, 0) is 19.1 Å². The van der Waals surface area contributed by atoms with Gasteiger partial charge in [-0.15, -0.1) is 11.8 Å². The highest BCUT2D eigenvalue weighted by Gasteiger charge is 2.35. The van der Waals surface area contributed by atoms with Crippen LogP contribution in [0.2, 0.25) is 0 Å². The quantitative estimate of drug-likeness (QED) is 0.461. The summed E-state index contributed by atoms with van der Waals surface area (Å²) in [7, 11) is 1.71. The maximum Gasteiger partial charge on any atom is 0.276 e. The van der Waals surface area contributed by atoms with E-state index in [9.17, 15) is 19.7 Å². The van der Waals surface area contributed by atoms with E-state index >= 15 is 0 Å². The van der Waals surface area contributed by atoms with Crippen LogP contribution in [-0.2, 0) is 9.59 Å². The zero-order valence-corrected chi connectivity index (χ0v) is 14.4. The van der Waals surface area contributed by atoms with Gasteiger partial charge in [-0.25, -0.2) is 0 Å². The molecular formula is C16H19N3O4S. The molecular weight excluding hydrogens is 330 g/mol. The number of rotatable bonds is 5. The lowest BCUT2D eigenvalue weighted by Crippen LogP contribution is -2.47. The number of likely N-dealkylation sites (N-methyl/N-ethyl adjacent to an activating group) is 1. The van der Waals surface area contributed by atoms with Crippen LogP contribution in [-0.4, -0.2) is 57.8 Å². The van der Waals surface area contributed by atoms with Gasteiger partial charge in [-0.3, -0.25) is 19.7 Å². The standard InChI is InChI=1S/C16H19N3O4S/c1-3-17(2)16(21)14-10-24-11-18(14)15(20)9-8-12-6-4-5-7-13(12)19(22)23/h4-9,14H,3,10-11H2,1-2H3/b9-8+/t14-/m0/s1. The maximum atomic E-state index is 12.4. The van der Waals surface area contributed by atoms with E-state index < -0.39 is 11.0 Å². The van der Waals surface area contributed by atoms with Gasteiger partial charge in [0.15, 0.2) is 0 Å². The van der Waals surface area contributed by atoms with Crippen molar-refractivity contribution in [3.05, 3.63) is 46.0 Å². The Labute approximate surface area is 144 Å². The average molecular weight is 349 g/mol. The molecule has 7 nitrogen and oxygen atoms in total. The SMILES string of the molecule is CCN(C)C(=O)[C@@H]1CSCN1C(=O)/C=C/c1ccccc1[N+](=O)[O-]. The molecule has 1 aromatic rings. The summed E-state index contributed by atoms with van der Waals surface area (Å²) in [6, 6.07) is 5.73. The first-order valence-electron chi connectivity index (χ1n) is 7.50. The third-order valence-corrected chi connectivity index (χ3v) is 4.85. The molecule has 1 saturated heterocycles. The fourth-order valence-corrected chi connectivity index (χ4v) is 3.48. The molecule has 0 radical (unpaired) electrons. The van der Waals surface area contributed by atoms with Crippen LogP contribution in [0.25, 0.3) is 6.08 Å². The summed E-state index contributed by atoms with van der Waals surface area (Å²) in [6.45, 7) is 2.45. The van der Waals surface area contributed by atoms with Crippen LogP contribution in [0.3, 0.4) is 0 Å². The largest absolute Gasteiger partial charge is 0.344 e. The molecule has 128 valence electrons. The molecule has 24 heavy (non-hydrogen) atoms. The second kappa shape index (κ2) is 7.96. The lowest BCUT2D eigenvalue weighted by atomic mass is 10.1. The molecule has 0 aliphatic carbocycles. The van der Waals surface area contributed by atoms with Crippen molar-refractivity contribution in [3.8, 4) is 0 Å². The van der Waals surface area contributed by atoms with E-state index in [-0.39, 0.29) is 17.5 Å². The predicted octanol–water partition coefficient (Wildman–Crippen LogP) is 1.99. The summed E-state index contributed by atoms with van der Waals surface area (Å²) < 4.78 is 0. The number of benzene rings is 1. The van der Waals surface area contributed by atoms with Gasteiger partial charge in [0.05, 0.1) is 16.4 Å². The first kappa shape index (κ1) is 18.0. The summed E-state index contributed by atoms with van der Waals surface area (Å²) in [5, 5.41) is 11.0. The molecule has 1 fully saturated rings. The molecule has 1 aromatic carbocycles. The summed E-state index contributed by atoms with van der Waals surface area (Å²) in [5.41, 5.74) is 0.298. The molecule has 2 rings (SSSR count). The monoisotopic (exact) mass is 349 g/mol. The zero-order chi connectivity index (χ0) is 17.7. The number of carbonyl (C=O) groups is 2. The Bertz CT molecular complexity index is 677. The number of hydrogen-bond acceptors (Lipinski definition) is 5. The van der Waals surface area contributed by atoms with Crippen molar-refractivity contribution in [1.82, 2.24) is 9.80 Å². The Morgan fingerprint density at radius 2 is 2.17 bits per heavy atom. The molecule has 2 amide bonds. The molecule has 1 aliphatic rings. The van der Waals surface area contributed by atoms with Gasteiger partial charge < -0.3 is 9.80 Å². The van der Waals surface area contributed by atoms with Crippen molar-refractivity contribution in [2.45, 2.75) is 13.0 Å². The van der Waals surface area contributed by atoms with E-state index in [1.807, 2.05) is 6.92 Å². The van der Waals surface area contributed by atoms with Crippen LogP contribution < -0.4 is 0 Å². The zero-order valence-electron chi connectivity index (χ0n) is 13.5. The molecule has 1 atom stereocenters. The molecule has 8 heteroatoms. The van der Waals surface area contributed by atoms with Gasteiger partial charge in [0.1, 0.15) is 6.04 Å². The summed E-state index contributed by atoms with van der Waals surface area (Å²) in [4.78, 5) is 38.3. The van der Waals surface area contributed by atoms with Gasteiger partial charge in [-0.2, -0.15) is 0 Å². The molecule has 0 unspecified atom stereocenters. The van der Waals surface area contributed by atoms with Crippen LogP contribution >= 0.6 is 11.8 Å². The van der Waals surface area contributed by atoms with Crippen molar-refractivity contribution in [2.75, 3.05) is 25.2 Å². The molecule has 0 N–H and O–H groups in total. The molecule has 1 heterocycles. The van der Waals surface area contributed by atoms with Crippen LogP contribution in [0.15, 0.2) is 30.3 Å². The highest BCUT2D eigenvalue weighted by molar-refractivity contribution is 7.99. The second-order valence-electron chi connectivity index (χ2n) is 5.33. The Morgan fingerprint density at radius 3 is 2.83 bits per heavy atom. The number of carbonyl (C=O) groups excluding carboxylic acids is 2. The Kier molecular flexibility index (Phi) is 5.97. The number of hydrogen-bond donors (Lipinski definition) is 0. The van der Waals surface area contributed by atoms with Crippen LogP contribution in [0.4, 0.5) is 5.69 Å². The van der Waals surface area contributed by atoms with E-state index in [1.165, 1.54) is 34.9 Å². The van der Waals surface area contributed by atoms with Crippen molar-refractivity contribution in [3.63, 3.8) is 0 Å². The van der Waals surface area contributed by atoms with E-state index in [0.717, 1.165) is 0 Å². The van der Waals surface area contributed by atoms with Gasteiger partial charge in [0.2, 0.25) is 11.8 Å². The predicted molar refractivity (Wildman–Crippen MR) is 93.4 cm³/mol. The minimum absolute atomic E-state index is 0.0595. The van der Waals surface area contributed by atoms with Crippen molar-refractivity contribution in [2.24, 2.45) is 0 Å². The number of nitro groups is 1. The summed E-state index contributed by atoms with van der Waals surface area (Å²) in [6.07, 6.45) is 2.72. The first-order chi connectivity index (χ1) is 11.5. The summed E-state index contributed by atoms with van der Waals surface area (Å²) in [5.74, 6) is 0.596. The Balaban J connectivity index is 2.14. The Morgan fingerprint density at radius 1 is 1.46 bits per heavy atom. The topological polar surface area (TPSA) is 83.8 Å². The van der Waals surface area contributed by atoms with Gasteiger partial charge in [-0.1, -0.05) is 12.1 Å².